The summed E-state index contributed by atoms with van der Waals surface area (Å²) in [6.45, 7) is 3.14. The molecule has 0 aliphatic rings. The number of rotatable bonds is 6. The minimum atomic E-state index is -0.0818. The zero-order chi connectivity index (χ0) is 16.9. The van der Waals surface area contributed by atoms with Crippen molar-refractivity contribution in [1.82, 2.24) is 19.6 Å². The first-order valence-corrected chi connectivity index (χ1v) is 8.04. The van der Waals surface area contributed by atoms with Gasteiger partial charge in [0.2, 0.25) is 5.91 Å². The molecule has 124 valence electrons. The lowest BCUT2D eigenvalue weighted by Gasteiger charge is -2.05. The molecule has 0 atom stereocenters. The fourth-order valence-corrected chi connectivity index (χ4v) is 2.46. The maximum atomic E-state index is 12.0. The monoisotopic (exact) mass is 343 g/mol. The van der Waals surface area contributed by atoms with Crippen LogP contribution in [0.3, 0.4) is 0 Å². The first-order chi connectivity index (χ1) is 11.6. The zero-order valence-corrected chi connectivity index (χ0v) is 14.1. The van der Waals surface area contributed by atoms with Gasteiger partial charge < -0.3 is 5.32 Å². The summed E-state index contributed by atoms with van der Waals surface area (Å²) in [7, 11) is 0. The average molecular weight is 344 g/mol. The molecule has 0 spiro atoms. The molecule has 1 amide bonds. The van der Waals surface area contributed by atoms with Crippen LogP contribution in [-0.4, -0.2) is 25.5 Å². The van der Waals surface area contributed by atoms with Gasteiger partial charge in [0.25, 0.3) is 0 Å². The van der Waals surface area contributed by atoms with Crippen LogP contribution in [0.1, 0.15) is 17.7 Å². The summed E-state index contributed by atoms with van der Waals surface area (Å²) < 4.78 is 3.58. The van der Waals surface area contributed by atoms with Gasteiger partial charge in [-0.2, -0.15) is 10.2 Å². The predicted molar refractivity (Wildman–Crippen MR) is 93.0 cm³/mol. The Balaban J connectivity index is 1.52. The van der Waals surface area contributed by atoms with Gasteiger partial charge in [0, 0.05) is 42.1 Å². The van der Waals surface area contributed by atoms with E-state index in [9.17, 15) is 4.79 Å². The molecule has 0 radical (unpaired) electrons. The van der Waals surface area contributed by atoms with Crippen LogP contribution >= 0.6 is 11.6 Å². The standard InChI is InChI=1S/C17H18ClN5O/c1-13-6-9-19-23(13)11-8-17(24)20-16-7-10-22(21-16)12-14-2-4-15(18)5-3-14/h2-7,9-10H,8,11-12H2,1H3,(H,20,21,24). The number of nitrogens with zero attached hydrogens (tertiary/aromatic N) is 4. The van der Waals surface area contributed by atoms with E-state index in [2.05, 4.69) is 15.5 Å². The maximum Gasteiger partial charge on any atom is 0.227 e. The van der Waals surface area contributed by atoms with Gasteiger partial charge in [-0.25, -0.2) is 0 Å². The molecule has 24 heavy (non-hydrogen) atoms. The van der Waals surface area contributed by atoms with Crippen LogP contribution in [0.15, 0.2) is 48.8 Å². The number of carbonyl (C=O) groups is 1. The fourth-order valence-electron chi connectivity index (χ4n) is 2.34. The first kappa shape index (κ1) is 16.3. The van der Waals surface area contributed by atoms with E-state index in [0.29, 0.717) is 30.4 Å². The molecule has 3 aromatic rings. The van der Waals surface area contributed by atoms with Crippen molar-refractivity contribution in [3.8, 4) is 0 Å². The maximum absolute atomic E-state index is 12.0. The number of nitrogens with one attached hydrogen (secondary N) is 1. The number of aryl methyl sites for hydroxylation is 2. The second-order valence-corrected chi connectivity index (χ2v) is 5.96. The van der Waals surface area contributed by atoms with Crippen molar-refractivity contribution in [2.24, 2.45) is 0 Å². The minimum Gasteiger partial charge on any atom is -0.309 e. The highest BCUT2D eigenvalue weighted by atomic mass is 35.5. The van der Waals surface area contributed by atoms with Gasteiger partial charge in [0.05, 0.1) is 6.54 Å². The quantitative estimate of drug-likeness (QED) is 0.748. The number of carbonyl (C=O) groups excluding carboxylic acids is 1. The Hall–Kier alpha value is -2.60. The molecule has 6 nitrogen and oxygen atoms in total. The van der Waals surface area contributed by atoms with Crippen LogP contribution in [0.4, 0.5) is 5.82 Å². The summed E-state index contributed by atoms with van der Waals surface area (Å²) in [5.41, 5.74) is 2.13. The van der Waals surface area contributed by atoms with Crippen molar-refractivity contribution >= 4 is 23.3 Å². The van der Waals surface area contributed by atoms with E-state index in [1.165, 1.54) is 0 Å². The third kappa shape index (κ3) is 4.23. The van der Waals surface area contributed by atoms with Crippen LogP contribution < -0.4 is 5.32 Å². The highest BCUT2D eigenvalue weighted by molar-refractivity contribution is 6.30. The largest absolute Gasteiger partial charge is 0.309 e. The van der Waals surface area contributed by atoms with Crippen LogP contribution in [0.2, 0.25) is 5.02 Å². The Morgan fingerprint density at radius 2 is 2.00 bits per heavy atom. The number of halogens is 1. The van der Waals surface area contributed by atoms with E-state index in [-0.39, 0.29) is 5.91 Å². The SMILES string of the molecule is Cc1ccnn1CCC(=O)Nc1ccn(Cc2ccc(Cl)cc2)n1. The molecule has 2 heterocycles. The third-order valence-electron chi connectivity index (χ3n) is 3.65. The summed E-state index contributed by atoms with van der Waals surface area (Å²) in [4.78, 5) is 12.0. The van der Waals surface area contributed by atoms with Crippen LogP contribution in [0.25, 0.3) is 0 Å². The van der Waals surface area contributed by atoms with E-state index < -0.39 is 0 Å². The first-order valence-electron chi connectivity index (χ1n) is 7.66. The second-order valence-electron chi connectivity index (χ2n) is 5.52. The van der Waals surface area contributed by atoms with Gasteiger partial charge in [-0.1, -0.05) is 23.7 Å². The van der Waals surface area contributed by atoms with E-state index >= 15 is 0 Å². The molecular weight excluding hydrogens is 326 g/mol. The van der Waals surface area contributed by atoms with Crippen molar-refractivity contribution in [3.63, 3.8) is 0 Å². The smallest absolute Gasteiger partial charge is 0.227 e. The lowest BCUT2D eigenvalue weighted by molar-refractivity contribution is -0.116. The topological polar surface area (TPSA) is 64.7 Å². The molecule has 0 unspecified atom stereocenters. The molecule has 0 saturated heterocycles. The molecule has 7 heteroatoms. The highest BCUT2D eigenvalue weighted by Crippen LogP contribution is 2.11. The molecule has 0 saturated carbocycles. The lowest BCUT2D eigenvalue weighted by Crippen LogP contribution is -2.16. The van der Waals surface area contributed by atoms with E-state index in [1.54, 1.807) is 21.6 Å². The summed E-state index contributed by atoms with van der Waals surface area (Å²) in [5, 5.41) is 12.0. The number of amides is 1. The highest BCUT2D eigenvalue weighted by Gasteiger charge is 2.07. The van der Waals surface area contributed by atoms with E-state index in [4.69, 9.17) is 11.6 Å². The van der Waals surface area contributed by atoms with Crippen molar-refractivity contribution in [1.29, 1.82) is 0 Å². The molecule has 0 bridgehead atoms. The molecular formula is C17H18ClN5O. The van der Waals surface area contributed by atoms with Crippen molar-refractivity contribution < 1.29 is 4.79 Å². The minimum absolute atomic E-state index is 0.0818. The summed E-state index contributed by atoms with van der Waals surface area (Å²) in [6, 6.07) is 11.3. The Labute approximate surface area is 145 Å². The van der Waals surface area contributed by atoms with Crippen LogP contribution in [0, 0.1) is 6.92 Å². The van der Waals surface area contributed by atoms with Gasteiger partial charge in [0.1, 0.15) is 0 Å². The Bertz CT molecular complexity index is 822. The zero-order valence-electron chi connectivity index (χ0n) is 13.3. The molecule has 2 aromatic heterocycles. The molecule has 0 aliphatic carbocycles. The third-order valence-corrected chi connectivity index (χ3v) is 3.90. The molecule has 1 aromatic carbocycles. The van der Waals surface area contributed by atoms with Gasteiger partial charge in [0.15, 0.2) is 5.82 Å². The van der Waals surface area contributed by atoms with E-state index in [1.807, 2.05) is 43.5 Å². The van der Waals surface area contributed by atoms with E-state index in [0.717, 1.165) is 11.3 Å². The predicted octanol–water partition coefficient (Wildman–Crippen LogP) is 3.12. The molecule has 1 N–H and O–H groups in total. The van der Waals surface area contributed by atoms with Gasteiger partial charge in [-0.15, -0.1) is 0 Å². The summed E-state index contributed by atoms with van der Waals surface area (Å²) in [6.07, 6.45) is 3.92. The number of benzene rings is 1. The van der Waals surface area contributed by atoms with Crippen molar-refractivity contribution in [3.05, 3.63) is 65.1 Å². The van der Waals surface area contributed by atoms with Gasteiger partial charge >= 0.3 is 0 Å². The lowest BCUT2D eigenvalue weighted by atomic mass is 10.2. The fraction of sp³-hybridized carbons (Fsp3) is 0.235. The second kappa shape index (κ2) is 7.31. The Morgan fingerprint density at radius 1 is 1.21 bits per heavy atom. The summed E-state index contributed by atoms with van der Waals surface area (Å²) >= 11 is 5.88. The molecule has 0 aliphatic heterocycles. The Kier molecular flexibility index (Phi) is 4.96. The number of hydrogen-bond acceptors (Lipinski definition) is 3. The average Bonchev–Trinajstić information content (AvgIpc) is 3.17. The Morgan fingerprint density at radius 3 is 2.71 bits per heavy atom. The van der Waals surface area contributed by atoms with Crippen LogP contribution in [-0.2, 0) is 17.9 Å². The molecule has 3 rings (SSSR count). The summed E-state index contributed by atoms with van der Waals surface area (Å²) in [5.74, 6) is 0.466. The number of anilines is 1. The number of aromatic nitrogens is 4. The van der Waals surface area contributed by atoms with Gasteiger partial charge in [-0.05, 0) is 30.7 Å². The van der Waals surface area contributed by atoms with Crippen molar-refractivity contribution in [2.75, 3.05) is 5.32 Å². The number of hydrogen-bond donors (Lipinski definition) is 1. The van der Waals surface area contributed by atoms with Crippen molar-refractivity contribution in [2.45, 2.75) is 26.4 Å². The van der Waals surface area contributed by atoms with Crippen LogP contribution in [0.5, 0.6) is 0 Å². The molecule has 0 fully saturated rings. The van der Waals surface area contributed by atoms with Gasteiger partial charge in [-0.3, -0.25) is 14.2 Å². The normalized spacial score (nSPS) is 10.8.